The third-order valence-corrected chi connectivity index (χ3v) is 3.05. The van der Waals surface area contributed by atoms with E-state index in [-0.39, 0.29) is 19.0 Å². The maximum absolute atomic E-state index is 12.0. The van der Waals surface area contributed by atoms with E-state index in [4.69, 9.17) is 0 Å². The zero-order chi connectivity index (χ0) is 16.7. The monoisotopic (exact) mass is 306 g/mol. The second-order valence-electron chi connectivity index (χ2n) is 5.11. The van der Waals surface area contributed by atoms with Crippen molar-refractivity contribution in [3.05, 3.63) is 29.3 Å². The molecule has 4 amide bonds. The van der Waals surface area contributed by atoms with Gasteiger partial charge >= 0.3 is 6.03 Å². The Bertz CT molecular complexity index is 552. The number of aryl methyl sites for hydroxylation is 2. The highest BCUT2D eigenvalue weighted by atomic mass is 16.2. The maximum Gasteiger partial charge on any atom is 0.321 e. The van der Waals surface area contributed by atoms with Gasteiger partial charge in [-0.2, -0.15) is 0 Å². The van der Waals surface area contributed by atoms with Crippen molar-refractivity contribution in [3.8, 4) is 0 Å². The highest BCUT2D eigenvalue weighted by Gasteiger charge is 2.13. The zero-order valence-electron chi connectivity index (χ0n) is 13.3. The van der Waals surface area contributed by atoms with Gasteiger partial charge in [0.15, 0.2) is 0 Å². The summed E-state index contributed by atoms with van der Waals surface area (Å²) in [7, 11) is 3.05. The summed E-state index contributed by atoms with van der Waals surface area (Å²) in [5.41, 5.74) is 2.75. The topological polar surface area (TPSA) is 90.5 Å². The fraction of sp³-hybridized carbons (Fsp3) is 0.400. The average Bonchev–Trinajstić information content (AvgIpc) is 2.42. The van der Waals surface area contributed by atoms with Crippen molar-refractivity contribution < 1.29 is 14.4 Å². The van der Waals surface area contributed by atoms with E-state index in [1.165, 1.54) is 11.9 Å². The third-order valence-electron chi connectivity index (χ3n) is 3.05. The lowest BCUT2D eigenvalue weighted by Crippen LogP contribution is -2.44. The van der Waals surface area contributed by atoms with E-state index in [9.17, 15) is 14.4 Å². The predicted octanol–water partition coefficient (Wildman–Crippen LogP) is 0.629. The molecular weight excluding hydrogens is 284 g/mol. The molecule has 0 aliphatic heterocycles. The number of hydrogen-bond acceptors (Lipinski definition) is 4. The third kappa shape index (κ3) is 5.53. The summed E-state index contributed by atoms with van der Waals surface area (Å²) in [5, 5.41) is 7.27. The van der Waals surface area contributed by atoms with Crippen LogP contribution >= 0.6 is 0 Å². The first-order valence-electron chi connectivity index (χ1n) is 6.89. The van der Waals surface area contributed by atoms with E-state index in [1.807, 2.05) is 32.0 Å². The van der Waals surface area contributed by atoms with Crippen molar-refractivity contribution in [2.75, 3.05) is 32.5 Å². The highest BCUT2D eigenvalue weighted by molar-refractivity contribution is 5.96. The first kappa shape index (κ1) is 17.6. The molecule has 7 nitrogen and oxygen atoms in total. The van der Waals surface area contributed by atoms with Crippen LogP contribution in [0.15, 0.2) is 18.2 Å². The van der Waals surface area contributed by atoms with Crippen LogP contribution in [0.5, 0.6) is 0 Å². The molecule has 0 unspecified atom stereocenters. The quantitative estimate of drug-likeness (QED) is 0.744. The largest absolute Gasteiger partial charge is 0.341 e. The van der Waals surface area contributed by atoms with Gasteiger partial charge in [0.1, 0.15) is 0 Å². The zero-order valence-corrected chi connectivity index (χ0v) is 13.3. The van der Waals surface area contributed by atoms with Gasteiger partial charge in [-0.05, 0) is 32.0 Å². The number of hydrogen-bond donors (Lipinski definition) is 3. The maximum atomic E-state index is 12.0. The van der Waals surface area contributed by atoms with Crippen molar-refractivity contribution in [3.63, 3.8) is 0 Å². The van der Waals surface area contributed by atoms with Crippen LogP contribution in [0, 0.1) is 13.8 Å². The van der Waals surface area contributed by atoms with Crippen molar-refractivity contribution in [2.45, 2.75) is 13.8 Å². The van der Waals surface area contributed by atoms with E-state index in [0.717, 1.165) is 16.8 Å². The van der Waals surface area contributed by atoms with Crippen LogP contribution in [0.3, 0.4) is 0 Å². The fourth-order valence-electron chi connectivity index (χ4n) is 1.97. The van der Waals surface area contributed by atoms with E-state index in [0.29, 0.717) is 0 Å². The molecule has 0 bridgehead atoms. The van der Waals surface area contributed by atoms with Gasteiger partial charge < -0.3 is 10.6 Å². The lowest BCUT2D eigenvalue weighted by Gasteiger charge is -2.17. The molecule has 1 aromatic rings. The summed E-state index contributed by atoms with van der Waals surface area (Å²) in [4.78, 5) is 36.1. The van der Waals surface area contributed by atoms with Crippen molar-refractivity contribution in [1.29, 1.82) is 0 Å². The Labute approximate surface area is 130 Å². The second-order valence-corrected chi connectivity index (χ2v) is 5.11. The second kappa shape index (κ2) is 8.14. The predicted molar refractivity (Wildman–Crippen MR) is 84.6 cm³/mol. The van der Waals surface area contributed by atoms with Gasteiger partial charge in [0.05, 0.1) is 13.1 Å². The first-order chi connectivity index (χ1) is 10.3. The number of imide groups is 1. The Morgan fingerprint density at radius 3 is 2.14 bits per heavy atom. The van der Waals surface area contributed by atoms with Crippen molar-refractivity contribution in [1.82, 2.24) is 15.5 Å². The molecule has 22 heavy (non-hydrogen) atoms. The van der Waals surface area contributed by atoms with E-state index >= 15 is 0 Å². The fourth-order valence-corrected chi connectivity index (χ4v) is 1.97. The molecule has 0 aliphatic rings. The summed E-state index contributed by atoms with van der Waals surface area (Å²) in [6.45, 7) is 3.84. The number of para-hydroxylation sites is 1. The number of rotatable bonds is 5. The number of likely N-dealkylation sites (N-methyl/N-ethyl adjacent to an activating group) is 1. The molecule has 3 N–H and O–H groups in total. The van der Waals surface area contributed by atoms with Crippen LogP contribution in [0.25, 0.3) is 0 Å². The molecule has 0 atom stereocenters. The molecule has 0 spiro atoms. The molecule has 0 aliphatic carbocycles. The number of anilines is 1. The van der Waals surface area contributed by atoms with Crippen LogP contribution in [0.1, 0.15) is 11.1 Å². The number of carbonyl (C=O) groups excluding carboxylic acids is 3. The number of nitrogens with zero attached hydrogens (tertiary/aromatic N) is 1. The Morgan fingerprint density at radius 2 is 1.59 bits per heavy atom. The van der Waals surface area contributed by atoms with Gasteiger partial charge in [0.25, 0.3) is 0 Å². The summed E-state index contributed by atoms with van der Waals surface area (Å²) in [5.74, 6) is -0.686. The smallest absolute Gasteiger partial charge is 0.321 e. The summed E-state index contributed by atoms with van der Waals surface area (Å²) in [6, 6.07) is 5.19. The van der Waals surface area contributed by atoms with Gasteiger partial charge in [0, 0.05) is 12.7 Å². The molecule has 1 rings (SSSR count). The van der Waals surface area contributed by atoms with E-state index in [2.05, 4.69) is 16.0 Å². The number of nitrogens with one attached hydrogen (secondary N) is 3. The lowest BCUT2D eigenvalue weighted by molar-refractivity contribution is -0.122. The summed E-state index contributed by atoms with van der Waals surface area (Å²) in [6.07, 6.45) is 0. The minimum Gasteiger partial charge on any atom is -0.341 e. The number of benzene rings is 1. The van der Waals surface area contributed by atoms with Crippen LogP contribution in [0.2, 0.25) is 0 Å². The van der Waals surface area contributed by atoms with Gasteiger partial charge in [-0.1, -0.05) is 18.2 Å². The lowest BCUT2D eigenvalue weighted by atomic mass is 10.1. The Morgan fingerprint density at radius 1 is 1.05 bits per heavy atom. The normalized spacial score (nSPS) is 10.2. The molecule has 120 valence electrons. The molecule has 7 heteroatoms. The van der Waals surface area contributed by atoms with Crippen LogP contribution < -0.4 is 16.0 Å². The molecule has 0 saturated heterocycles. The van der Waals surface area contributed by atoms with Gasteiger partial charge in [-0.3, -0.25) is 19.8 Å². The molecule has 0 saturated carbocycles. The summed E-state index contributed by atoms with van der Waals surface area (Å²) < 4.78 is 0. The van der Waals surface area contributed by atoms with Gasteiger partial charge in [-0.15, -0.1) is 0 Å². The highest BCUT2D eigenvalue weighted by Crippen LogP contribution is 2.19. The number of amides is 4. The number of carbonyl (C=O) groups is 3. The first-order valence-corrected chi connectivity index (χ1v) is 6.89. The standard InChI is InChI=1S/C15H22N4O3/c1-10-6-5-7-11(2)14(10)17-12(20)8-19(4)9-13(21)18-15(22)16-3/h5-7H,8-9H2,1-4H3,(H,17,20)(H2,16,18,21,22). The van der Waals surface area contributed by atoms with Gasteiger partial charge in [-0.25, -0.2) is 4.79 Å². The average molecular weight is 306 g/mol. The van der Waals surface area contributed by atoms with Crippen LogP contribution in [-0.4, -0.2) is 49.9 Å². The minimum absolute atomic E-state index is 0.0480. The summed E-state index contributed by atoms with van der Waals surface area (Å²) >= 11 is 0. The Hall–Kier alpha value is -2.41. The SMILES string of the molecule is CNC(=O)NC(=O)CN(C)CC(=O)Nc1c(C)cccc1C. The van der Waals surface area contributed by atoms with Crippen LogP contribution in [0.4, 0.5) is 10.5 Å². The molecular formula is C15H22N4O3. The Balaban J connectivity index is 2.51. The minimum atomic E-state index is -0.571. The Kier molecular flexibility index (Phi) is 6.52. The molecule has 0 heterocycles. The van der Waals surface area contributed by atoms with Gasteiger partial charge in [0.2, 0.25) is 11.8 Å². The molecule has 1 aromatic carbocycles. The van der Waals surface area contributed by atoms with E-state index in [1.54, 1.807) is 7.05 Å². The van der Waals surface area contributed by atoms with Crippen LogP contribution in [-0.2, 0) is 9.59 Å². The molecule has 0 aromatic heterocycles. The van der Waals surface area contributed by atoms with E-state index < -0.39 is 11.9 Å². The molecule has 0 fully saturated rings. The van der Waals surface area contributed by atoms with Crippen molar-refractivity contribution >= 4 is 23.5 Å². The molecule has 0 radical (unpaired) electrons. The number of urea groups is 1. The van der Waals surface area contributed by atoms with Crippen molar-refractivity contribution in [2.24, 2.45) is 0 Å².